The molecule has 12 nitrogen and oxygen atoms in total. The standard InChI is InChI=1S/C34H38N8O4/c1-34(2,40-16-18-45-19-17-40)20-23(21-35)32(43)39-24-8-10-26(11-9-24)42-31-29(30(36)37-22-38-31)41(33(42)44)25-12-14-28(15-13-25)46-27-6-4-3-5-7-27/h3-7,12-15,20,22,24,26H,8-11,16-19H2,1-2H3,(H,39,43)(H2,36,37,38). The quantitative estimate of drug-likeness (QED) is 0.218. The summed E-state index contributed by atoms with van der Waals surface area (Å²) in [5, 5.41) is 12.9. The Labute approximate surface area is 267 Å². The van der Waals surface area contributed by atoms with Crippen molar-refractivity contribution in [2.75, 3.05) is 32.0 Å². The number of fused-ring (bicyclic) bond motifs is 1. The number of hydrogen-bond donors (Lipinski definition) is 2. The monoisotopic (exact) mass is 622 g/mol. The molecule has 0 radical (unpaired) electrons. The number of carbonyl (C=O) groups excluding carboxylic acids is 1. The van der Waals surface area contributed by atoms with Crippen molar-refractivity contribution >= 4 is 22.9 Å². The lowest BCUT2D eigenvalue weighted by Gasteiger charge is -2.39. The number of aromatic nitrogens is 4. The molecule has 0 spiro atoms. The number of morpholine rings is 1. The SMILES string of the molecule is CC(C)(C=C(C#N)C(=O)NC1CCC(n2c(=O)n(-c3ccc(Oc4ccccc4)cc3)c3c(N)ncnc32)CC1)N1CCOCC1. The summed E-state index contributed by atoms with van der Waals surface area (Å²) in [7, 11) is 0. The molecule has 2 aromatic heterocycles. The fourth-order valence-corrected chi connectivity index (χ4v) is 6.40. The largest absolute Gasteiger partial charge is 0.457 e. The molecular formula is C34H38N8O4. The number of amides is 1. The molecule has 2 aliphatic rings. The molecular weight excluding hydrogens is 584 g/mol. The van der Waals surface area contributed by atoms with E-state index in [1.54, 1.807) is 27.3 Å². The third-order valence-electron chi connectivity index (χ3n) is 8.84. The Hall–Kier alpha value is -4.99. The fourth-order valence-electron chi connectivity index (χ4n) is 6.40. The second-order valence-corrected chi connectivity index (χ2v) is 12.2. The Balaban J connectivity index is 1.18. The van der Waals surface area contributed by atoms with Gasteiger partial charge in [-0.1, -0.05) is 18.2 Å². The minimum Gasteiger partial charge on any atom is -0.457 e. The van der Waals surface area contributed by atoms with E-state index in [0.717, 1.165) is 13.1 Å². The number of para-hydroxylation sites is 1. The molecule has 0 atom stereocenters. The number of nitrogens with one attached hydrogen (secondary N) is 1. The van der Waals surface area contributed by atoms with Crippen LogP contribution >= 0.6 is 0 Å². The van der Waals surface area contributed by atoms with Crippen LogP contribution in [0.2, 0.25) is 0 Å². The van der Waals surface area contributed by atoms with Gasteiger partial charge in [0.2, 0.25) is 0 Å². The summed E-state index contributed by atoms with van der Waals surface area (Å²) >= 11 is 0. The minimum atomic E-state index is -0.460. The van der Waals surface area contributed by atoms with Gasteiger partial charge in [-0.3, -0.25) is 18.8 Å². The molecule has 1 saturated carbocycles. The lowest BCUT2D eigenvalue weighted by atomic mass is 9.90. The first kappa shape index (κ1) is 31.0. The summed E-state index contributed by atoms with van der Waals surface area (Å²) in [4.78, 5) is 38.0. The van der Waals surface area contributed by atoms with Gasteiger partial charge in [-0.25, -0.2) is 14.8 Å². The van der Waals surface area contributed by atoms with Gasteiger partial charge in [-0.15, -0.1) is 0 Å². The van der Waals surface area contributed by atoms with Gasteiger partial charge in [0, 0.05) is 30.7 Å². The number of carbonyl (C=O) groups is 1. The molecule has 3 heterocycles. The third-order valence-corrected chi connectivity index (χ3v) is 8.84. The van der Waals surface area contributed by atoms with Crippen molar-refractivity contribution in [3.63, 3.8) is 0 Å². The van der Waals surface area contributed by atoms with Crippen molar-refractivity contribution in [1.82, 2.24) is 29.3 Å². The summed E-state index contributed by atoms with van der Waals surface area (Å²) in [5.41, 5.74) is 7.23. The van der Waals surface area contributed by atoms with E-state index in [1.165, 1.54) is 6.33 Å². The molecule has 12 heteroatoms. The molecule has 1 saturated heterocycles. The molecule has 46 heavy (non-hydrogen) atoms. The van der Waals surface area contributed by atoms with Gasteiger partial charge in [-0.2, -0.15) is 5.26 Å². The van der Waals surface area contributed by atoms with E-state index in [9.17, 15) is 14.9 Å². The first-order chi connectivity index (χ1) is 22.2. The van der Waals surface area contributed by atoms with E-state index in [2.05, 4.69) is 26.3 Å². The van der Waals surface area contributed by atoms with Crippen LogP contribution in [0.3, 0.4) is 0 Å². The first-order valence-electron chi connectivity index (χ1n) is 15.6. The highest BCUT2D eigenvalue weighted by atomic mass is 16.5. The van der Waals surface area contributed by atoms with E-state index in [1.807, 2.05) is 56.3 Å². The lowest BCUT2D eigenvalue weighted by molar-refractivity contribution is -0.118. The van der Waals surface area contributed by atoms with Crippen LogP contribution < -0.4 is 21.5 Å². The molecule has 1 amide bonds. The van der Waals surface area contributed by atoms with Crippen LogP contribution in [0, 0.1) is 11.3 Å². The maximum atomic E-state index is 14.0. The average molecular weight is 623 g/mol. The number of nitrogens with two attached hydrogens (primary N) is 1. The Morgan fingerprint density at radius 2 is 1.72 bits per heavy atom. The van der Waals surface area contributed by atoms with Crippen molar-refractivity contribution in [3.05, 3.63) is 83.1 Å². The highest BCUT2D eigenvalue weighted by molar-refractivity contribution is 5.97. The Kier molecular flexibility index (Phi) is 8.87. The summed E-state index contributed by atoms with van der Waals surface area (Å²) in [5.74, 6) is 1.18. The Morgan fingerprint density at radius 1 is 1.04 bits per heavy atom. The summed E-state index contributed by atoms with van der Waals surface area (Å²) in [6.07, 6.45) is 5.69. The number of anilines is 1. The molecule has 0 unspecified atom stereocenters. The normalized spacial score (nSPS) is 19.5. The van der Waals surface area contributed by atoms with Crippen molar-refractivity contribution < 1.29 is 14.3 Å². The van der Waals surface area contributed by atoms with Gasteiger partial charge in [0.05, 0.1) is 18.9 Å². The first-order valence-corrected chi connectivity index (χ1v) is 15.6. The Morgan fingerprint density at radius 3 is 2.39 bits per heavy atom. The fraction of sp³-hybridized carbons (Fsp3) is 0.382. The number of hydrogen-bond acceptors (Lipinski definition) is 9. The number of imidazole rings is 1. The van der Waals surface area contributed by atoms with Crippen LogP contribution in [-0.2, 0) is 9.53 Å². The van der Waals surface area contributed by atoms with E-state index < -0.39 is 5.54 Å². The smallest absolute Gasteiger partial charge is 0.335 e. The second-order valence-electron chi connectivity index (χ2n) is 12.2. The van der Waals surface area contributed by atoms with Crippen molar-refractivity contribution in [3.8, 4) is 23.3 Å². The molecule has 3 N–H and O–H groups in total. The maximum Gasteiger partial charge on any atom is 0.335 e. The van der Waals surface area contributed by atoms with E-state index in [-0.39, 0.29) is 35.1 Å². The van der Waals surface area contributed by atoms with Crippen LogP contribution in [0.25, 0.3) is 16.9 Å². The van der Waals surface area contributed by atoms with Gasteiger partial charge < -0.3 is 20.5 Å². The Bertz CT molecular complexity index is 1830. The van der Waals surface area contributed by atoms with Crippen molar-refractivity contribution in [2.24, 2.45) is 0 Å². The lowest BCUT2D eigenvalue weighted by Crippen LogP contribution is -2.49. The molecule has 238 valence electrons. The number of benzene rings is 2. The van der Waals surface area contributed by atoms with Gasteiger partial charge in [0.25, 0.3) is 5.91 Å². The third kappa shape index (κ3) is 6.38. The van der Waals surface area contributed by atoms with Gasteiger partial charge in [0.1, 0.15) is 35.0 Å². The number of rotatable bonds is 8. The zero-order chi connectivity index (χ0) is 32.3. The number of nitrogens with zero attached hydrogens (tertiary/aromatic N) is 6. The summed E-state index contributed by atoms with van der Waals surface area (Å²) < 4.78 is 14.6. The predicted molar refractivity (Wildman–Crippen MR) is 174 cm³/mol. The topological polar surface area (TPSA) is 153 Å². The van der Waals surface area contributed by atoms with Crippen LogP contribution in [0.1, 0.15) is 45.6 Å². The number of nitrogen functional groups attached to an aromatic ring is 1. The highest BCUT2D eigenvalue weighted by Crippen LogP contribution is 2.32. The van der Waals surface area contributed by atoms with Gasteiger partial charge in [0.15, 0.2) is 11.5 Å². The number of nitriles is 1. The molecule has 1 aliphatic carbocycles. The minimum absolute atomic E-state index is 0.102. The van der Waals surface area contributed by atoms with E-state index >= 15 is 0 Å². The van der Waals surface area contributed by atoms with E-state index in [0.29, 0.717) is 67.2 Å². The number of ether oxygens (including phenoxy) is 2. The molecule has 6 rings (SSSR count). The average Bonchev–Trinajstić information content (AvgIpc) is 3.38. The molecule has 2 fully saturated rings. The van der Waals surface area contributed by atoms with Crippen molar-refractivity contribution in [1.29, 1.82) is 5.26 Å². The zero-order valence-corrected chi connectivity index (χ0v) is 26.1. The zero-order valence-electron chi connectivity index (χ0n) is 26.1. The second kappa shape index (κ2) is 13.2. The maximum absolute atomic E-state index is 14.0. The highest BCUT2D eigenvalue weighted by Gasteiger charge is 2.31. The predicted octanol–water partition coefficient (Wildman–Crippen LogP) is 4.12. The van der Waals surface area contributed by atoms with Crippen molar-refractivity contribution in [2.45, 2.75) is 57.2 Å². The van der Waals surface area contributed by atoms with Crippen LogP contribution in [-0.4, -0.2) is 67.8 Å². The van der Waals surface area contributed by atoms with Crippen LogP contribution in [0.4, 0.5) is 5.82 Å². The van der Waals surface area contributed by atoms with Gasteiger partial charge >= 0.3 is 5.69 Å². The van der Waals surface area contributed by atoms with Crippen LogP contribution in [0.5, 0.6) is 11.5 Å². The summed E-state index contributed by atoms with van der Waals surface area (Å²) in [6.45, 7) is 6.76. The molecule has 2 aromatic carbocycles. The van der Waals surface area contributed by atoms with Gasteiger partial charge in [-0.05, 0) is 82.0 Å². The summed E-state index contributed by atoms with van der Waals surface area (Å²) in [6, 6.07) is 18.5. The molecule has 0 bridgehead atoms. The van der Waals surface area contributed by atoms with Crippen LogP contribution in [0.15, 0.2) is 77.4 Å². The van der Waals surface area contributed by atoms with E-state index in [4.69, 9.17) is 15.2 Å². The molecule has 4 aromatic rings. The molecule has 1 aliphatic heterocycles.